The highest BCUT2D eigenvalue weighted by molar-refractivity contribution is 6.31. The summed E-state index contributed by atoms with van der Waals surface area (Å²) in [4.78, 5) is 26.8. The minimum atomic E-state index is -0.357. The van der Waals surface area contributed by atoms with E-state index in [1.54, 1.807) is 18.2 Å². The van der Waals surface area contributed by atoms with Crippen LogP contribution in [-0.2, 0) is 11.2 Å². The molecule has 2 aromatic carbocycles. The fraction of sp³-hybridized carbons (Fsp3) is 0.417. The molecule has 6 heteroatoms. The number of amides is 1. The SMILES string of the molecule is COC(=O)c1ccc(CCNC(=O)c2cc(Cl)ccc2N2C[C@H](C)C[C@H](C)C2)cc1. The number of carbonyl (C=O) groups is 2. The molecule has 3 rings (SSSR count). The Kier molecular flexibility index (Phi) is 7.38. The van der Waals surface area contributed by atoms with Gasteiger partial charge < -0.3 is 15.0 Å². The zero-order chi connectivity index (χ0) is 21.7. The van der Waals surface area contributed by atoms with Crippen LogP contribution in [0.1, 0.15) is 46.5 Å². The van der Waals surface area contributed by atoms with E-state index in [9.17, 15) is 9.59 Å². The minimum absolute atomic E-state index is 0.121. The molecule has 0 aromatic heterocycles. The summed E-state index contributed by atoms with van der Waals surface area (Å²) in [6, 6.07) is 12.8. The molecule has 0 bridgehead atoms. The number of anilines is 1. The predicted molar refractivity (Wildman–Crippen MR) is 120 cm³/mol. The molecule has 0 saturated carbocycles. The fourth-order valence-electron chi connectivity index (χ4n) is 4.17. The Labute approximate surface area is 183 Å². The zero-order valence-corrected chi connectivity index (χ0v) is 18.5. The third-order valence-electron chi connectivity index (χ3n) is 5.49. The molecule has 30 heavy (non-hydrogen) atoms. The van der Waals surface area contributed by atoms with Crippen molar-refractivity contribution in [3.05, 3.63) is 64.2 Å². The second kappa shape index (κ2) is 9.98. The molecule has 0 unspecified atom stereocenters. The molecule has 1 aliphatic heterocycles. The predicted octanol–water partition coefficient (Wildman–Crippen LogP) is 4.58. The molecular weight excluding hydrogens is 400 g/mol. The van der Waals surface area contributed by atoms with E-state index in [1.807, 2.05) is 24.3 Å². The largest absolute Gasteiger partial charge is 0.465 e. The van der Waals surface area contributed by atoms with Gasteiger partial charge in [0.25, 0.3) is 5.91 Å². The summed E-state index contributed by atoms with van der Waals surface area (Å²) < 4.78 is 4.71. The van der Waals surface area contributed by atoms with Crippen LogP contribution in [-0.4, -0.2) is 38.6 Å². The maximum absolute atomic E-state index is 12.9. The number of ether oxygens (including phenoxy) is 1. The van der Waals surface area contributed by atoms with Gasteiger partial charge in [-0.25, -0.2) is 4.79 Å². The Bertz CT molecular complexity index is 888. The van der Waals surface area contributed by atoms with E-state index in [2.05, 4.69) is 24.1 Å². The Balaban J connectivity index is 1.65. The number of hydrogen-bond acceptors (Lipinski definition) is 4. The van der Waals surface area contributed by atoms with Gasteiger partial charge in [-0.05, 0) is 60.6 Å². The number of halogens is 1. The highest BCUT2D eigenvalue weighted by Gasteiger charge is 2.25. The lowest BCUT2D eigenvalue weighted by molar-refractivity contribution is 0.0600. The van der Waals surface area contributed by atoms with Crippen LogP contribution in [0.25, 0.3) is 0 Å². The normalized spacial score (nSPS) is 18.7. The van der Waals surface area contributed by atoms with Crippen LogP contribution in [0, 0.1) is 11.8 Å². The molecule has 5 nitrogen and oxygen atoms in total. The van der Waals surface area contributed by atoms with Crippen LogP contribution < -0.4 is 10.2 Å². The Morgan fingerprint density at radius 3 is 2.40 bits per heavy atom. The third kappa shape index (κ3) is 5.54. The summed E-state index contributed by atoms with van der Waals surface area (Å²) in [5.74, 6) is 0.704. The van der Waals surface area contributed by atoms with Gasteiger partial charge >= 0.3 is 5.97 Å². The summed E-state index contributed by atoms with van der Waals surface area (Å²) in [5, 5.41) is 3.57. The standard InChI is InChI=1S/C24H29ClN2O3/c1-16-12-17(2)15-27(14-16)22-9-8-20(25)13-21(22)23(28)26-11-10-18-4-6-19(7-5-18)24(29)30-3/h4-9,13,16-17H,10-12,14-15H2,1-3H3,(H,26,28)/t16-,17+. The fourth-order valence-corrected chi connectivity index (χ4v) is 4.34. The number of piperidine rings is 1. The summed E-state index contributed by atoms with van der Waals surface area (Å²) in [6.07, 6.45) is 1.88. The molecule has 1 amide bonds. The molecule has 1 N–H and O–H groups in total. The van der Waals surface area contributed by atoms with Crippen molar-refractivity contribution < 1.29 is 14.3 Å². The second-order valence-corrected chi connectivity index (χ2v) is 8.64. The summed E-state index contributed by atoms with van der Waals surface area (Å²) >= 11 is 6.20. The van der Waals surface area contributed by atoms with Crippen LogP contribution >= 0.6 is 11.6 Å². The van der Waals surface area contributed by atoms with E-state index in [0.717, 1.165) is 24.3 Å². The van der Waals surface area contributed by atoms with Crippen LogP contribution in [0.5, 0.6) is 0 Å². The number of esters is 1. The molecular formula is C24H29ClN2O3. The number of nitrogens with zero attached hydrogens (tertiary/aromatic N) is 1. The number of hydrogen-bond donors (Lipinski definition) is 1. The average molecular weight is 429 g/mol. The van der Waals surface area contributed by atoms with Crippen molar-refractivity contribution in [3.63, 3.8) is 0 Å². The highest BCUT2D eigenvalue weighted by atomic mass is 35.5. The van der Waals surface area contributed by atoms with Crippen molar-refractivity contribution >= 4 is 29.2 Å². The lowest BCUT2D eigenvalue weighted by Gasteiger charge is -2.37. The van der Waals surface area contributed by atoms with Gasteiger partial charge in [-0.15, -0.1) is 0 Å². The summed E-state index contributed by atoms with van der Waals surface area (Å²) in [5.41, 5.74) is 3.11. The van der Waals surface area contributed by atoms with Gasteiger partial charge in [0.05, 0.1) is 18.2 Å². The van der Waals surface area contributed by atoms with E-state index < -0.39 is 0 Å². The van der Waals surface area contributed by atoms with Crippen LogP contribution in [0.3, 0.4) is 0 Å². The van der Waals surface area contributed by atoms with Crippen molar-refractivity contribution in [2.75, 3.05) is 31.6 Å². The van der Waals surface area contributed by atoms with Crippen molar-refractivity contribution in [3.8, 4) is 0 Å². The summed E-state index contributed by atoms with van der Waals surface area (Å²) in [7, 11) is 1.36. The molecule has 160 valence electrons. The molecule has 0 aliphatic carbocycles. The maximum atomic E-state index is 12.9. The van der Waals surface area contributed by atoms with Crippen LogP contribution in [0.4, 0.5) is 5.69 Å². The first-order valence-corrected chi connectivity index (χ1v) is 10.7. The van der Waals surface area contributed by atoms with E-state index >= 15 is 0 Å². The van der Waals surface area contributed by atoms with Crippen LogP contribution in [0.15, 0.2) is 42.5 Å². The number of benzene rings is 2. The van der Waals surface area contributed by atoms with Gasteiger partial charge in [0.2, 0.25) is 0 Å². The van der Waals surface area contributed by atoms with Crippen LogP contribution in [0.2, 0.25) is 5.02 Å². The van der Waals surface area contributed by atoms with Crippen molar-refractivity contribution in [1.82, 2.24) is 5.32 Å². The Morgan fingerprint density at radius 2 is 1.77 bits per heavy atom. The molecule has 2 aromatic rings. The van der Waals surface area contributed by atoms with Gasteiger partial charge in [-0.2, -0.15) is 0 Å². The molecule has 1 aliphatic rings. The number of carbonyl (C=O) groups excluding carboxylic acids is 2. The third-order valence-corrected chi connectivity index (χ3v) is 5.72. The number of nitrogens with one attached hydrogen (secondary N) is 1. The lowest BCUT2D eigenvalue weighted by atomic mass is 9.91. The van der Waals surface area contributed by atoms with Crippen molar-refractivity contribution in [2.45, 2.75) is 26.7 Å². The first kappa shape index (κ1) is 22.2. The Hall–Kier alpha value is -2.53. The molecule has 1 fully saturated rings. The lowest BCUT2D eigenvalue weighted by Crippen LogP contribution is -2.40. The summed E-state index contributed by atoms with van der Waals surface area (Å²) in [6.45, 7) is 6.89. The monoisotopic (exact) mass is 428 g/mol. The number of rotatable bonds is 6. The molecule has 0 radical (unpaired) electrons. The second-order valence-electron chi connectivity index (χ2n) is 8.21. The van der Waals surface area contributed by atoms with Gasteiger partial charge in [0.15, 0.2) is 0 Å². The average Bonchev–Trinajstić information content (AvgIpc) is 2.72. The minimum Gasteiger partial charge on any atom is -0.465 e. The van der Waals surface area contributed by atoms with Gasteiger partial charge in [-0.1, -0.05) is 37.6 Å². The quantitative estimate of drug-likeness (QED) is 0.684. The molecule has 1 heterocycles. The van der Waals surface area contributed by atoms with E-state index in [-0.39, 0.29) is 11.9 Å². The van der Waals surface area contributed by atoms with E-state index in [4.69, 9.17) is 16.3 Å². The van der Waals surface area contributed by atoms with Crippen molar-refractivity contribution in [1.29, 1.82) is 0 Å². The smallest absolute Gasteiger partial charge is 0.337 e. The van der Waals surface area contributed by atoms with Gasteiger partial charge in [0, 0.05) is 30.3 Å². The maximum Gasteiger partial charge on any atom is 0.337 e. The Morgan fingerprint density at radius 1 is 1.10 bits per heavy atom. The van der Waals surface area contributed by atoms with E-state index in [1.165, 1.54) is 13.5 Å². The zero-order valence-electron chi connectivity index (χ0n) is 17.8. The molecule has 2 atom stereocenters. The van der Waals surface area contributed by atoms with Gasteiger partial charge in [0.1, 0.15) is 0 Å². The molecule has 0 spiro atoms. The first-order valence-electron chi connectivity index (χ1n) is 10.4. The topological polar surface area (TPSA) is 58.6 Å². The van der Waals surface area contributed by atoms with Crippen molar-refractivity contribution in [2.24, 2.45) is 11.8 Å². The molecule has 1 saturated heterocycles. The first-order chi connectivity index (χ1) is 14.4. The highest BCUT2D eigenvalue weighted by Crippen LogP contribution is 2.30. The van der Waals surface area contributed by atoms with Gasteiger partial charge in [-0.3, -0.25) is 4.79 Å². The number of methoxy groups -OCH3 is 1. The van der Waals surface area contributed by atoms with E-state index in [0.29, 0.717) is 41.0 Å².